The van der Waals surface area contributed by atoms with Crippen LogP contribution < -0.4 is 19.5 Å². The van der Waals surface area contributed by atoms with Crippen molar-refractivity contribution in [2.45, 2.75) is 19.7 Å². The van der Waals surface area contributed by atoms with Gasteiger partial charge in [-0.25, -0.2) is 9.37 Å². The number of benzene rings is 3. The lowest BCUT2D eigenvalue weighted by Gasteiger charge is -2.22. The third-order valence-electron chi connectivity index (χ3n) is 6.41. The number of carbonyl (C=O) groups is 1. The number of anilines is 1. The Morgan fingerprint density at radius 1 is 0.921 bits per heavy atom. The summed E-state index contributed by atoms with van der Waals surface area (Å²) in [6.45, 7) is 1.61. The van der Waals surface area contributed by atoms with E-state index < -0.39 is 0 Å². The average molecular weight is 517 g/mol. The Labute approximate surface area is 220 Å². The minimum absolute atomic E-state index is 0.110. The highest BCUT2D eigenvalue weighted by Crippen LogP contribution is 2.29. The second kappa shape index (κ2) is 11.2. The van der Waals surface area contributed by atoms with Crippen LogP contribution in [0.3, 0.4) is 0 Å². The summed E-state index contributed by atoms with van der Waals surface area (Å²) >= 11 is 0. The van der Waals surface area contributed by atoms with E-state index in [0.29, 0.717) is 59.8 Å². The highest BCUT2D eigenvalue weighted by atomic mass is 19.1. The lowest BCUT2D eigenvalue weighted by Crippen LogP contribution is -2.34. The molecule has 5 rings (SSSR count). The lowest BCUT2D eigenvalue weighted by molar-refractivity contribution is 0.0743. The van der Waals surface area contributed by atoms with Crippen molar-refractivity contribution < 1.29 is 23.4 Å². The highest BCUT2D eigenvalue weighted by Gasteiger charge is 2.30. The van der Waals surface area contributed by atoms with E-state index in [1.807, 2.05) is 34.9 Å². The highest BCUT2D eigenvalue weighted by molar-refractivity contribution is 5.98. The summed E-state index contributed by atoms with van der Waals surface area (Å²) in [6.07, 6.45) is 0. The standard InChI is InChI=1S/C29H29FN4O4/c1-36-22-14-23(37-2)16-24(15-22)38-19-26-32-28-27(34(26)17-20-8-4-3-5-9-20)29(35)33(13-12-31-28)18-21-10-6-7-11-25(21)30/h3-11,14-16,31H,12-13,17-19H2,1-2H3. The van der Waals surface area contributed by atoms with Gasteiger partial charge in [-0.15, -0.1) is 0 Å². The minimum Gasteiger partial charge on any atom is -0.496 e. The maximum atomic E-state index is 14.4. The molecule has 0 unspecified atom stereocenters. The van der Waals surface area contributed by atoms with E-state index in [0.717, 1.165) is 5.56 Å². The van der Waals surface area contributed by atoms with Crippen LogP contribution in [0.2, 0.25) is 0 Å². The van der Waals surface area contributed by atoms with Gasteiger partial charge in [-0.3, -0.25) is 4.79 Å². The molecule has 38 heavy (non-hydrogen) atoms. The van der Waals surface area contributed by atoms with E-state index in [2.05, 4.69) is 5.32 Å². The third kappa shape index (κ3) is 5.41. The van der Waals surface area contributed by atoms with Gasteiger partial charge in [-0.2, -0.15) is 0 Å². The Balaban J connectivity index is 1.48. The molecule has 1 aliphatic heterocycles. The summed E-state index contributed by atoms with van der Waals surface area (Å²) in [5.41, 5.74) is 1.90. The quantitative estimate of drug-likeness (QED) is 0.347. The smallest absolute Gasteiger partial charge is 0.274 e. The zero-order valence-electron chi connectivity index (χ0n) is 21.3. The third-order valence-corrected chi connectivity index (χ3v) is 6.41. The molecule has 0 saturated heterocycles. The molecule has 2 heterocycles. The molecule has 0 radical (unpaired) electrons. The Kier molecular flexibility index (Phi) is 7.44. The van der Waals surface area contributed by atoms with Gasteiger partial charge < -0.3 is 29.0 Å². The monoisotopic (exact) mass is 516 g/mol. The van der Waals surface area contributed by atoms with Gasteiger partial charge in [0.1, 0.15) is 35.5 Å². The van der Waals surface area contributed by atoms with Crippen LogP contribution in [0.1, 0.15) is 27.4 Å². The number of amides is 1. The number of fused-ring (bicyclic) bond motifs is 1. The van der Waals surface area contributed by atoms with Gasteiger partial charge in [-0.1, -0.05) is 48.5 Å². The van der Waals surface area contributed by atoms with Crippen molar-refractivity contribution in [3.63, 3.8) is 0 Å². The Morgan fingerprint density at radius 2 is 1.61 bits per heavy atom. The number of rotatable bonds is 9. The summed E-state index contributed by atoms with van der Waals surface area (Å²) in [7, 11) is 3.15. The van der Waals surface area contributed by atoms with Crippen molar-refractivity contribution in [2.24, 2.45) is 0 Å². The molecular weight excluding hydrogens is 487 g/mol. The Morgan fingerprint density at radius 3 is 2.32 bits per heavy atom. The summed E-state index contributed by atoms with van der Waals surface area (Å²) in [5.74, 6) is 2.26. The second-order valence-electron chi connectivity index (χ2n) is 8.88. The van der Waals surface area contributed by atoms with E-state index in [9.17, 15) is 9.18 Å². The Hall–Kier alpha value is -4.53. The zero-order chi connectivity index (χ0) is 26.5. The fourth-order valence-electron chi connectivity index (χ4n) is 4.44. The molecule has 0 bridgehead atoms. The summed E-state index contributed by atoms with van der Waals surface area (Å²) in [4.78, 5) is 20.3. The molecule has 1 aromatic heterocycles. The molecule has 3 aromatic carbocycles. The van der Waals surface area contributed by atoms with Crippen LogP contribution in [0.5, 0.6) is 17.2 Å². The van der Waals surface area contributed by atoms with Crippen LogP contribution in [0.15, 0.2) is 72.8 Å². The van der Waals surface area contributed by atoms with Crippen LogP contribution in [0, 0.1) is 5.82 Å². The Bertz CT molecular complexity index is 1400. The first-order chi connectivity index (χ1) is 18.6. The van der Waals surface area contributed by atoms with Gasteiger partial charge in [0.25, 0.3) is 5.91 Å². The average Bonchev–Trinajstić information content (AvgIpc) is 3.20. The largest absolute Gasteiger partial charge is 0.496 e. The number of hydrogen-bond donors (Lipinski definition) is 1. The number of ether oxygens (including phenoxy) is 3. The molecule has 0 aliphatic carbocycles. The van der Waals surface area contributed by atoms with Crippen LogP contribution in [-0.2, 0) is 19.7 Å². The number of halogens is 1. The summed E-state index contributed by atoms with van der Waals surface area (Å²) in [6, 6.07) is 21.6. The van der Waals surface area contributed by atoms with Crippen molar-refractivity contribution in [1.29, 1.82) is 0 Å². The predicted octanol–water partition coefficient (Wildman–Crippen LogP) is 4.73. The van der Waals surface area contributed by atoms with Crippen LogP contribution in [0.4, 0.5) is 10.2 Å². The van der Waals surface area contributed by atoms with Gasteiger partial charge in [0.15, 0.2) is 11.5 Å². The molecule has 9 heteroatoms. The van der Waals surface area contributed by atoms with Gasteiger partial charge in [0.2, 0.25) is 0 Å². The number of methoxy groups -OCH3 is 2. The predicted molar refractivity (Wildman–Crippen MR) is 141 cm³/mol. The minimum atomic E-state index is -0.335. The van der Waals surface area contributed by atoms with Gasteiger partial charge in [-0.05, 0) is 11.6 Å². The summed E-state index contributed by atoms with van der Waals surface area (Å²) in [5, 5.41) is 3.28. The van der Waals surface area contributed by atoms with E-state index in [-0.39, 0.29) is 24.9 Å². The van der Waals surface area contributed by atoms with Crippen molar-refractivity contribution in [3.05, 3.63) is 101 Å². The second-order valence-corrected chi connectivity index (χ2v) is 8.88. The van der Waals surface area contributed by atoms with Gasteiger partial charge >= 0.3 is 0 Å². The van der Waals surface area contributed by atoms with Crippen LogP contribution >= 0.6 is 0 Å². The topological polar surface area (TPSA) is 77.8 Å². The first kappa shape index (κ1) is 25.1. The fraction of sp³-hybridized carbons (Fsp3) is 0.241. The molecule has 1 amide bonds. The molecule has 1 aliphatic rings. The molecule has 0 atom stereocenters. The SMILES string of the molecule is COc1cc(OC)cc(OCc2nc3c(n2Cc2ccccc2)C(=O)N(Cc2ccccc2F)CCN3)c1. The first-order valence-electron chi connectivity index (χ1n) is 12.3. The van der Waals surface area contributed by atoms with Gasteiger partial charge in [0.05, 0.1) is 14.2 Å². The maximum Gasteiger partial charge on any atom is 0.274 e. The molecule has 1 N–H and O–H groups in total. The van der Waals surface area contributed by atoms with Crippen molar-refractivity contribution in [1.82, 2.24) is 14.5 Å². The first-order valence-corrected chi connectivity index (χ1v) is 12.3. The molecule has 196 valence electrons. The maximum absolute atomic E-state index is 14.4. The fourth-order valence-corrected chi connectivity index (χ4v) is 4.44. The number of aromatic nitrogens is 2. The van der Waals surface area contributed by atoms with Crippen molar-refractivity contribution in [3.8, 4) is 17.2 Å². The number of nitrogens with one attached hydrogen (secondary N) is 1. The van der Waals surface area contributed by atoms with Crippen molar-refractivity contribution >= 4 is 11.7 Å². The number of nitrogens with zero attached hydrogens (tertiary/aromatic N) is 3. The number of hydrogen-bond acceptors (Lipinski definition) is 6. The van der Waals surface area contributed by atoms with Crippen LogP contribution in [0.25, 0.3) is 0 Å². The zero-order valence-corrected chi connectivity index (χ0v) is 21.3. The number of imidazole rings is 1. The van der Waals surface area contributed by atoms with E-state index in [4.69, 9.17) is 19.2 Å². The van der Waals surface area contributed by atoms with E-state index in [1.165, 1.54) is 6.07 Å². The lowest BCUT2D eigenvalue weighted by atomic mass is 10.2. The van der Waals surface area contributed by atoms with Crippen LogP contribution in [-0.4, -0.2) is 47.7 Å². The normalized spacial score (nSPS) is 12.9. The number of carbonyl (C=O) groups excluding carboxylic acids is 1. The van der Waals surface area contributed by atoms with Crippen molar-refractivity contribution in [2.75, 3.05) is 32.6 Å². The molecule has 4 aromatic rings. The summed E-state index contributed by atoms with van der Waals surface area (Å²) < 4.78 is 33.1. The van der Waals surface area contributed by atoms with E-state index >= 15 is 0 Å². The molecule has 0 spiro atoms. The van der Waals surface area contributed by atoms with Gasteiger partial charge in [0, 0.05) is 49.9 Å². The molecule has 0 saturated carbocycles. The molecule has 8 nitrogen and oxygen atoms in total. The van der Waals surface area contributed by atoms with E-state index in [1.54, 1.807) is 55.5 Å². The molecular formula is C29H29FN4O4. The molecule has 0 fully saturated rings.